The van der Waals surface area contributed by atoms with Gasteiger partial charge in [-0.25, -0.2) is 4.79 Å². The Morgan fingerprint density at radius 1 is 1.14 bits per heavy atom. The molecule has 0 unspecified atom stereocenters. The van der Waals surface area contributed by atoms with Crippen LogP contribution >= 0.6 is 0 Å². The number of hydrogen-bond donors (Lipinski definition) is 1. The maximum atomic E-state index is 12.6. The zero-order chi connectivity index (χ0) is 19.7. The fourth-order valence-electron chi connectivity index (χ4n) is 3.31. The molecule has 2 heterocycles. The Balaban J connectivity index is 1.43. The molecule has 0 radical (unpaired) electrons. The van der Waals surface area contributed by atoms with Gasteiger partial charge in [0.2, 0.25) is 12.9 Å². The van der Waals surface area contributed by atoms with Gasteiger partial charge in [0.05, 0.1) is 14.2 Å². The first-order valence-corrected chi connectivity index (χ1v) is 8.74. The number of hydrogen-bond acceptors (Lipinski definition) is 7. The summed E-state index contributed by atoms with van der Waals surface area (Å²) >= 11 is 0. The molecule has 2 aliphatic rings. The van der Waals surface area contributed by atoms with Crippen LogP contribution in [0.2, 0.25) is 0 Å². The Morgan fingerprint density at radius 2 is 1.96 bits per heavy atom. The summed E-state index contributed by atoms with van der Waals surface area (Å²) in [6.07, 6.45) is -0.416. The van der Waals surface area contributed by atoms with Gasteiger partial charge in [0.1, 0.15) is 5.56 Å². The molecule has 0 saturated carbocycles. The van der Waals surface area contributed by atoms with Gasteiger partial charge in [0, 0.05) is 12.1 Å². The second-order valence-corrected chi connectivity index (χ2v) is 6.28. The molecular weight excluding hydrogens is 366 g/mol. The Bertz CT molecular complexity index is 940. The fraction of sp³-hybridized carbons (Fsp3) is 0.300. The lowest BCUT2D eigenvalue weighted by molar-refractivity contribution is -0.129. The van der Waals surface area contributed by atoms with Gasteiger partial charge in [-0.05, 0) is 36.2 Å². The number of rotatable bonds is 6. The van der Waals surface area contributed by atoms with E-state index in [0.717, 1.165) is 5.56 Å². The van der Waals surface area contributed by atoms with Crippen LogP contribution in [-0.4, -0.2) is 39.4 Å². The molecule has 1 N–H and O–H groups in total. The molecule has 0 aromatic heterocycles. The molecule has 0 spiro atoms. The lowest BCUT2D eigenvalue weighted by Crippen LogP contribution is -2.31. The topological polar surface area (TPSA) is 92.3 Å². The fourth-order valence-corrected chi connectivity index (χ4v) is 3.31. The number of carbonyl (C=O) groups excluding carboxylic acids is 2. The third-order valence-electron chi connectivity index (χ3n) is 4.68. The SMILES string of the molecule is COc1ccc2c(c1OC)C(=O)O[C@@H]2C(=O)NCCc1ccc2c(c1)OCO2. The number of cyclic esters (lactones) is 1. The second-order valence-electron chi connectivity index (χ2n) is 6.28. The van der Waals surface area contributed by atoms with Gasteiger partial charge in [-0.1, -0.05) is 6.07 Å². The molecule has 2 aromatic carbocycles. The molecule has 0 bridgehead atoms. The molecule has 0 aliphatic carbocycles. The maximum Gasteiger partial charge on any atom is 0.343 e. The van der Waals surface area contributed by atoms with Crippen molar-refractivity contribution in [1.29, 1.82) is 0 Å². The van der Waals surface area contributed by atoms with Crippen LogP contribution in [0.1, 0.15) is 27.6 Å². The highest BCUT2D eigenvalue weighted by Crippen LogP contribution is 2.41. The number of benzene rings is 2. The molecule has 4 rings (SSSR count). The Morgan fingerprint density at radius 3 is 2.75 bits per heavy atom. The summed E-state index contributed by atoms with van der Waals surface area (Å²) in [7, 11) is 2.91. The van der Waals surface area contributed by atoms with E-state index >= 15 is 0 Å². The summed E-state index contributed by atoms with van der Waals surface area (Å²) in [5, 5.41) is 2.81. The number of esters is 1. The minimum atomic E-state index is -1.01. The minimum absolute atomic E-state index is 0.218. The van der Waals surface area contributed by atoms with Gasteiger partial charge in [-0.2, -0.15) is 0 Å². The number of fused-ring (bicyclic) bond motifs is 2. The molecule has 1 atom stereocenters. The summed E-state index contributed by atoms with van der Waals surface area (Å²) in [5.41, 5.74) is 1.68. The number of amides is 1. The van der Waals surface area contributed by atoms with E-state index in [2.05, 4.69) is 5.32 Å². The van der Waals surface area contributed by atoms with Crippen LogP contribution in [-0.2, 0) is 16.0 Å². The third kappa shape index (κ3) is 3.06. The number of ether oxygens (including phenoxy) is 5. The van der Waals surface area contributed by atoms with Crippen molar-refractivity contribution in [1.82, 2.24) is 5.32 Å². The molecule has 2 aliphatic heterocycles. The highest BCUT2D eigenvalue weighted by molar-refractivity contribution is 6.02. The molecule has 2 aromatic rings. The van der Waals surface area contributed by atoms with Crippen molar-refractivity contribution >= 4 is 11.9 Å². The average molecular weight is 385 g/mol. The van der Waals surface area contributed by atoms with Crippen LogP contribution in [0.15, 0.2) is 30.3 Å². The Labute approximate surface area is 161 Å². The molecule has 8 heteroatoms. The standard InChI is InChI=1S/C20H19NO7/c1-24-14-6-4-12-16(18(14)25-2)20(23)28-17(12)19(22)21-8-7-11-3-5-13-15(9-11)27-10-26-13/h3-6,9,17H,7-8,10H2,1-2H3,(H,21,22)/t17-/m0/s1. The normalized spacial score (nSPS) is 16.4. The molecule has 0 fully saturated rings. The summed E-state index contributed by atoms with van der Waals surface area (Å²) in [5.74, 6) is 1.08. The van der Waals surface area contributed by atoms with Crippen molar-refractivity contribution in [3.8, 4) is 23.0 Å². The summed E-state index contributed by atoms with van der Waals surface area (Å²) in [4.78, 5) is 24.8. The van der Waals surface area contributed by atoms with Crippen molar-refractivity contribution in [3.63, 3.8) is 0 Å². The van der Waals surface area contributed by atoms with E-state index in [1.54, 1.807) is 12.1 Å². The van der Waals surface area contributed by atoms with Crippen molar-refractivity contribution in [2.75, 3.05) is 27.6 Å². The third-order valence-corrected chi connectivity index (χ3v) is 4.68. The second kappa shape index (κ2) is 7.30. The zero-order valence-corrected chi connectivity index (χ0v) is 15.4. The van der Waals surface area contributed by atoms with Crippen LogP contribution in [0.3, 0.4) is 0 Å². The van der Waals surface area contributed by atoms with Gasteiger partial charge in [0.15, 0.2) is 23.0 Å². The molecule has 28 heavy (non-hydrogen) atoms. The van der Waals surface area contributed by atoms with Gasteiger partial charge in [0.25, 0.3) is 5.91 Å². The van der Waals surface area contributed by atoms with Crippen LogP contribution in [0.4, 0.5) is 0 Å². The van der Waals surface area contributed by atoms with Crippen LogP contribution in [0, 0.1) is 0 Å². The Kier molecular flexibility index (Phi) is 4.68. The van der Waals surface area contributed by atoms with E-state index < -0.39 is 12.1 Å². The van der Waals surface area contributed by atoms with E-state index in [4.69, 9.17) is 23.7 Å². The molecule has 8 nitrogen and oxygen atoms in total. The largest absolute Gasteiger partial charge is 0.493 e. The molecule has 1 amide bonds. The van der Waals surface area contributed by atoms with E-state index in [1.807, 2.05) is 18.2 Å². The van der Waals surface area contributed by atoms with Crippen molar-refractivity contribution in [2.45, 2.75) is 12.5 Å². The predicted molar refractivity (Wildman–Crippen MR) is 97.0 cm³/mol. The van der Waals surface area contributed by atoms with Gasteiger partial charge in [-0.3, -0.25) is 4.79 Å². The number of methoxy groups -OCH3 is 2. The Hall–Kier alpha value is -3.42. The van der Waals surface area contributed by atoms with E-state index in [-0.39, 0.29) is 24.0 Å². The summed E-state index contributed by atoms with van der Waals surface area (Å²) < 4.78 is 26.4. The van der Waals surface area contributed by atoms with Gasteiger partial charge < -0.3 is 29.0 Å². The van der Waals surface area contributed by atoms with Gasteiger partial charge in [-0.15, -0.1) is 0 Å². The molecule has 0 saturated heterocycles. The first-order chi connectivity index (χ1) is 13.6. The van der Waals surface area contributed by atoms with Crippen LogP contribution in [0.5, 0.6) is 23.0 Å². The minimum Gasteiger partial charge on any atom is -0.493 e. The highest BCUT2D eigenvalue weighted by atomic mass is 16.7. The van der Waals surface area contributed by atoms with Crippen molar-refractivity contribution in [2.24, 2.45) is 0 Å². The van der Waals surface area contributed by atoms with Gasteiger partial charge >= 0.3 is 5.97 Å². The van der Waals surface area contributed by atoms with Crippen molar-refractivity contribution < 1.29 is 33.3 Å². The monoisotopic (exact) mass is 385 g/mol. The molecular formula is C20H19NO7. The van der Waals surface area contributed by atoms with E-state index in [1.165, 1.54) is 14.2 Å². The lowest BCUT2D eigenvalue weighted by Gasteiger charge is -2.13. The lowest BCUT2D eigenvalue weighted by atomic mass is 10.0. The first-order valence-electron chi connectivity index (χ1n) is 8.74. The van der Waals surface area contributed by atoms with Crippen molar-refractivity contribution in [3.05, 3.63) is 47.0 Å². The number of carbonyl (C=O) groups is 2. The highest BCUT2D eigenvalue weighted by Gasteiger charge is 2.39. The summed E-state index contributed by atoms with van der Waals surface area (Å²) in [6.45, 7) is 0.603. The predicted octanol–water partition coefficient (Wildman–Crippen LogP) is 2.00. The smallest absolute Gasteiger partial charge is 0.343 e. The van der Waals surface area contributed by atoms with Crippen LogP contribution in [0.25, 0.3) is 0 Å². The number of nitrogens with one attached hydrogen (secondary N) is 1. The van der Waals surface area contributed by atoms with E-state index in [0.29, 0.717) is 35.8 Å². The maximum absolute atomic E-state index is 12.6. The first kappa shape index (κ1) is 18.0. The zero-order valence-electron chi connectivity index (χ0n) is 15.4. The summed E-state index contributed by atoms with van der Waals surface area (Å²) in [6, 6.07) is 8.93. The van der Waals surface area contributed by atoms with E-state index in [9.17, 15) is 9.59 Å². The quantitative estimate of drug-likeness (QED) is 0.761. The van der Waals surface area contributed by atoms with Crippen LogP contribution < -0.4 is 24.3 Å². The average Bonchev–Trinajstić information content (AvgIpc) is 3.31. The molecule has 146 valence electrons.